The van der Waals surface area contributed by atoms with Crippen LogP contribution < -0.4 is 0 Å². The maximum atomic E-state index is 13.2. The van der Waals surface area contributed by atoms with Crippen molar-refractivity contribution >= 4 is 23.0 Å². The normalized spacial score (nSPS) is 12.1. The van der Waals surface area contributed by atoms with Crippen molar-refractivity contribution < 1.29 is 9.18 Å². The van der Waals surface area contributed by atoms with Crippen LogP contribution in [0.5, 0.6) is 0 Å². The molecule has 0 aliphatic carbocycles. The molecule has 0 aliphatic heterocycles. The molecule has 2 aromatic carbocycles. The van der Waals surface area contributed by atoms with Crippen LogP contribution >= 0.6 is 11.6 Å². The van der Waals surface area contributed by atoms with Crippen molar-refractivity contribution in [1.82, 2.24) is 0 Å². The highest BCUT2D eigenvalue weighted by molar-refractivity contribution is 6.31. The molecular weight excluding hydrogens is 335 g/mol. The maximum absolute atomic E-state index is 13.2. The van der Waals surface area contributed by atoms with E-state index in [0.29, 0.717) is 5.02 Å². The van der Waals surface area contributed by atoms with Crippen molar-refractivity contribution in [1.29, 1.82) is 0 Å². The summed E-state index contributed by atoms with van der Waals surface area (Å²) in [6.45, 7) is 7.74. The quantitative estimate of drug-likeness (QED) is 0.507. The summed E-state index contributed by atoms with van der Waals surface area (Å²) in [5.41, 5.74) is 5.73. The zero-order valence-electron chi connectivity index (χ0n) is 15.2. The van der Waals surface area contributed by atoms with Crippen LogP contribution in [0, 0.1) is 12.7 Å². The summed E-state index contributed by atoms with van der Waals surface area (Å²) < 4.78 is 13.2. The molecule has 0 unspecified atom stereocenters. The Hall–Kier alpha value is -1.93. The third kappa shape index (κ3) is 4.58. The van der Waals surface area contributed by atoms with Crippen molar-refractivity contribution in [3.63, 3.8) is 0 Å². The monoisotopic (exact) mass is 358 g/mol. The van der Waals surface area contributed by atoms with E-state index in [1.165, 1.54) is 12.1 Å². The SMILES string of the molecule is CCCC/C(C(C)=O)=C(/C)c1cc(Cl)cc(-c2ccc(F)cc2)c1C. The molecule has 0 atom stereocenters. The van der Waals surface area contributed by atoms with Gasteiger partial charge in [0.15, 0.2) is 5.78 Å². The third-order valence-corrected chi connectivity index (χ3v) is 4.81. The number of ketones is 1. The molecule has 25 heavy (non-hydrogen) atoms. The van der Waals surface area contributed by atoms with Crippen molar-refractivity contribution in [2.75, 3.05) is 0 Å². The molecule has 0 amide bonds. The van der Waals surface area contributed by atoms with E-state index >= 15 is 0 Å². The maximum Gasteiger partial charge on any atom is 0.156 e. The number of halogens is 2. The molecule has 0 aliphatic rings. The zero-order chi connectivity index (χ0) is 18.6. The second-order valence-corrected chi connectivity index (χ2v) is 6.83. The number of Topliss-reactive ketones (excluding diaryl/α,β-unsaturated/α-hetero) is 1. The second-order valence-electron chi connectivity index (χ2n) is 6.40. The van der Waals surface area contributed by atoms with Gasteiger partial charge in [-0.25, -0.2) is 4.39 Å². The molecule has 0 spiro atoms. The Morgan fingerprint density at radius 3 is 2.32 bits per heavy atom. The molecule has 3 heteroatoms. The van der Waals surface area contributed by atoms with Gasteiger partial charge in [-0.1, -0.05) is 37.1 Å². The van der Waals surface area contributed by atoms with Gasteiger partial charge in [0.25, 0.3) is 0 Å². The molecule has 0 N–H and O–H groups in total. The number of rotatable bonds is 6. The molecule has 0 bridgehead atoms. The third-order valence-electron chi connectivity index (χ3n) is 4.59. The number of unbranched alkanes of at least 4 members (excludes halogenated alkanes) is 1. The lowest BCUT2D eigenvalue weighted by atomic mass is 9.89. The van der Waals surface area contributed by atoms with E-state index in [1.807, 2.05) is 26.0 Å². The first-order valence-corrected chi connectivity index (χ1v) is 9.00. The van der Waals surface area contributed by atoms with Crippen molar-refractivity contribution in [2.45, 2.75) is 47.0 Å². The van der Waals surface area contributed by atoms with E-state index in [-0.39, 0.29) is 11.6 Å². The Balaban J connectivity index is 2.62. The van der Waals surface area contributed by atoms with Crippen LogP contribution in [-0.4, -0.2) is 5.78 Å². The first-order chi connectivity index (χ1) is 11.8. The Bertz CT molecular complexity index is 804. The molecular formula is C22H24ClFO. The van der Waals surface area contributed by atoms with Gasteiger partial charge in [-0.05, 0) is 91.3 Å². The van der Waals surface area contributed by atoms with E-state index in [0.717, 1.165) is 52.7 Å². The van der Waals surface area contributed by atoms with Gasteiger partial charge >= 0.3 is 0 Å². The lowest BCUT2D eigenvalue weighted by Crippen LogP contribution is -2.02. The van der Waals surface area contributed by atoms with Crippen LogP contribution in [0.1, 0.15) is 51.2 Å². The molecule has 0 saturated heterocycles. The summed E-state index contributed by atoms with van der Waals surface area (Å²) in [6.07, 6.45) is 2.80. The number of hydrogen-bond acceptors (Lipinski definition) is 1. The summed E-state index contributed by atoms with van der Waals surface area (Å²) in [6, 6.07) is 10.2. The zero-order valence-corrected chi connectivity index (χ0v) is 16.0. The Labute approximate surface area is 154 Å². The highest BCUT2D eigenvalue weighted by atomic mass is 35.5. The predicted octanol–water partition coefficient (Wildman–Crippen LogP) is 7.01. The fourth-order valence-corrected chi connectivity index (χ4v) is 3.36. The summed E-state index contributed by atoms with van der Waals surface area (Å²) in [5, 5.41) is 0.609. The number of carbonyl (C=O) groups excluding carboxylic acids is 1. The molecule has 0 aromatic heterocycles. The van der Waals surface area contributed by atoms with Crippen molar-refractivity contribution in [3.8, 4) is 11.1 Å². The minimum Gasteiger partial charge on any atom is -0.295 e. The summed E-state index contributed by atoms with van der Waals surface area (Å²) in [5.74, 6) is -0.160. The molecule has 132 valence electrons. The van der Waals surface area contributed by atoms with Crippen molar-refractivity contribution in [3.05, 3.63) is 63.9 Å². The topological polar surface area (TPSA) is 17.1 Å². The molecule has 2 rings (SSSR count). The van der Waals surface area contributed by atoms with Crippen molar-refractivity contribution in [2.24, 2.45) is 0 Å². The molecule has 0 saturated carbocycles. The molecule has 0 fully saturated rings. The van der Waals surface area contributed by atoms with E-state index < -0.39 is 0 Å². The lowest BCUT2D eigenvalue weighted by molar-refractivity contribution is -0.113. The standard InChI is InChI=1S/C22H24ClFO/c1-5-6-7-20(16(4)25)14(2)21-12-18(23)13-22(15(21)3)17-8-10-19(24)11-9-17/h8-13H,5-7H2,1-4H3/b20-14+. The number of allylic oxidation sites excluding steroid dienone is 2. The Morgan fingerprint density at radius 2 is 1.76 bits per heavy atom. The number of hydrogen-bond donors (Lipinski definition) is 0. The Morgan fingerprint density at radius 1 is 1.12 bits per heavy atom. The van der Waals surface area contributed by atoms with Gasteiger partial charge in [0, 0.05) is 5.02 Å². The largest absolute Gasteiger partial charge is 0.295 e. The van der Waals surface area contributed by atoms with E-state index in [2.05, 4.69) is 6.92 Å². The van der Waals surface area contributed by atoms with Gasteiger partial charge in [-0.15, -0.1) is 0 Å². The van der Waals surface area contributed by atoms with Gasteiger partial charge in [0.05, 0.1) is 0 Å². The lowest BCUT2D eigenvalue weighted by Gasteiger charge is -2.16. The summed E-state index contributed by atoms with van der Waals surface area (Å²) in [7, 11) is 0. The minimum atomic E-state index is -0.266. The van der Waals surface area contributed by atoms with Crippen LogP contribution in [0.15, 0.2) is 42.0 Å². The van der Waals surface area contributed by atoms with Crippen LogP contribution in [0.3, 0.4) is 0 Å². The Kier molecular flexibility index (Phi) is 6.55. The van der Waals surface area contributed by atoms with Gasteiger partial charge < -0.3 is 0 Å². The fraction of sp³-hybridized carbons (Fsp3) is 0.318. The first kappa shape index (κ1) is 19.4. The van der Waals surface area contributed by atoms with Crippen LogP contribution in [-0.2, 0) is 4.79 Å². The molecule has 2 aromatic rings. The molecule has 1 nitrogen and oxygen atoms in total. The van der Waals surface area contributed by atoms with Gasteiger partial charge in [0.2, 0.25) is 0 Å². The molecule has 0 heterocycles. The second kappa shape index (κ2) is 8.44. The number of carbonyl (C=O) groups is 1. The predicted molar refractivity (Wildman–Crippen MR) is 104 cm³/mol. The van der Waals surface area contributed by atoms with Gasteiger partial charge in [-0.3, -0.25) is 4.79 Å². The highest BCUT2D eigenvalue weighted by Gasteiger charge is 2.15. The summed E-state index contributed by atoms with van der Waals surface area (Å²) in [4.78, 5) is 12.1. The smallest absolute Gasteiger partial charge is 0.156 e. The average Bonchev–Trinajstić information content (AvgIpc) is 2.57. The number of benzene rings is 2. The first-order valence-electron chi connectivity index (χ1n) is 8.62. The summed E-state index contributed by atoms with van der Waals surface area (Å²) >= 11 is 6.35. The van der Waals surface area contributed by atoms with Gasteiger partial charge in [0.1, 0.15) is 5.82 Å². The molecule has 0 radical (unpaired) electrons. The average molecular weight is 359 g/mol. The van der Waals surface area contributed by atoms with Gasteiger partial charge in [-0.2, -0.15) is 0 Å². The van der Waals surface area contributed by atoms with E-state index in [9.17, 15) is 9.18 Å². The highest BCUT2D eigenvalue weighted by Crippen LogP contribution is 2.34. The fourth-order valence-electron chi connectivity index (χ4n) is 3.14. The van der Waals surface area contributed by atoms with Crippen LogP contribution in [0.2, 0.25) is 5.02 Å². The van der Waals surface area contributed by atoms with E-state index in [1.54, 1.807) is 19.1 Å². The minimum absolute atomic E-state index is 0.105. The van der Waals surface area contributed by atoms with E-state index in [4.69, 9.17) is 11.6 Å². The van der Waals surface area contributed by atoms with Crippen LogP contribution in [0.25, 0.3) is 16.7 Å². The van der Waals surface area contributed by atoms with Crippen LogP contribution in [0.4, 0.5) is 4.39 Å².